The summed E-state index contributed by atoms with van der Waals surface area (Å²) in [4.78, 5) is 10.9. The zero-order chi connectivity index (χ0) is 10.0. The number of hydrogen-bond donors (Lipinski definition) is 1. The Morgan fingerprint density at radius 3 is 2.38 bits per heavy atom. The fourth-order valence-corrected chi connectivity index (χ4v) is 2.22. The molecule has 1 aliphatic carbocycles. The van der Waals surface area contributed by atoms with Gasteiger partial charge in [0.1, 0.15) is 0 Å². The molecule has 0 saturated heterocycles. The lowest BCUT2D eigenvalue weighted by Gasteiger charge is -2.35. The summed E-state index contributed by atoms with van der Waals surface area (Å²) in [5.74, 6) is -0.240. The van der Waals surface area contributed by atoms with Crippen LogP contribution in [0.3, 0.4) is 0 Å². The van der Waals surface area contributed by atoms with E-state index in [9.17, 15) is 4.79 Å². The molecule has 0 heterocycles. The van der Waals surface area contributed by atoms with Gasteiger partial charge in [0.2, 0.25) is 0 Å². The van der Waals surface area contributed by atoms with E-state index in [4.69, 9.17) is 9.84 Å². The first-order valence-corrected chi connectivity index (χ1v) is 4.81. The number of hydrogen-bond acceptors (Lipinski definition) is 2. The summed E-state index contributed by atoms with van der Waals surface area (Å²) < 4.78 is 5.31. The maximum Gasteiger partial charge on any atom is 0.306 e. The van der Waals surface area contributed by atoms with Crippen LogP contribution in [-0.4, -0.2) is 24.3 Å². The second kappa shape index (κ2) is 4.09. The average Bonchev–Trinajstić information content (AvgIpc) is 2.07. The molecule has 1 N–H and O–H groups in total. The van der Waals surface area contributed by atoms with Crippen LogP contribution in [0.5, 0.6) is 0 Å². The van der Waals surface area contributed by atoms with Gasteiger partial charge < -0.3 is 9.84 Å². The summed E-state index contributed by atoms with van der Waals surface area (Å²) in [5, 5.41) is 8.94. The van der Waals surface area contributed by atoms with Gasteiger partial charge in [-0.1, -0.05) is 13.8 Å². The lowest BCUT2D eigenvalue weighted by Crippen LogP contribution is -2.37. The lowest BCUT2D eigenvalue weighted by atomic mass is 9.74. The molecule has 1 fully saturated rings. The fourth-order valence-electron chi connectivity index (χ4n) is 2.22. The average molecular weight is 186 g/mol. The molecule has 4 atom stereocenters. The van der Waals surface area contributed by atoms with Gasteiger partial charge in [-0.25, -0.2) is 0 Å². The van der Waals surface area contributed by atoms with E-state index in [1.165, 1.54) is 0 Å². The van der Waals surface area contributed by atoms with Crippen molar-refractivity contribution in [1.82, 2.24) is 0 Å². The van der Waals surface area contributed by atoms with Crippen molar-refractivity contribution in [1.29, 1.82) is 0 Å². The van der Waals surface area contributed by atoms with E-state index < -0.39 is 5.97 Å². The quantitative estimate of drug-likeness (QED) is 0.715. The number of carboxylic acids is 1. The van der Waals surface area contributed by atoms with Crippen molar-refractivity contribution < 1.29 is 14.6 Å². The normalized spacial score (nSPS) is 40.2. The zero-order valence-electron chi connectivity index (χ0n) is 8.49. The molecule has 0 aromatic rings. The number of methoxy groups -OCH3 is 1. The van der Waals surface area contributed by atoms with Gasteiger partial charge in [0.25, 0.3) is 0 Å². The predicted molar refractivity (Wildman–Crippen MR) is 49.5 cm³/mol. The summed E-state index contributed by atoms with van der Waals surface area (Å²) in [6, 6.07) is 0. The molecule has 0 bridgehead atoms. The molecular weight excluding hydrogens is 168 g/mol. The Labute approximate surface area is 79.1 Å². The molecule has 0 spiro atoms. The van der Waals surface area contributed by atoms with E-state index in [2.05, 4.69) is 6.92 Å². The highest BCUT2D eigenvalue weighted by molar-refractivity contribution is 5.70. The summed E-state index contributed by atoms with van der Waals surface area (Å²) >= 11 is 0. The molecule has 3 nitrogen and oxygen atoms in total. The van der Waals surface area contributed by atoms with Crippen molar-refractivity contribution in [2.75, 3.05) is 7.11 Å². The smallest absolute Gasteiger partial charge is 0.306 e. The molecule has 76 valence electrons. The van der Waals surface area contributed by atoms with Crippen molar-refractivity contribution >= 4 is 5.97 Å². The van der Waals surface area contributed by atoms with Crippen LogP contribution in [0.25, 0.3) is 0 Å². The van der Waals surface area contributed by atoms with Gasteiger partial charge >= 0.3 is 5.97 Å². The molecule has 1 rings (SSSR count). The van der Waals surface area contributed by atoms with Crippen LogP contribution < -0.4 is 0 Å². The van der Waals surface area contributed by atoms with Gasteiger partial charge in [0.05, 0.1) is 12.0 Å². The highest BCUT2D eigenvalue weighted by Gasteiger charge is 2.36. The third kappa shape index (κ3) is 2.21. The standard InChI is InChI=1S/C10H18O3/c1-6-5-9(13-3)7(2)4-8(6)10(11)12/h6-9H,4-5H2,1-3H3,(H,11,12). The molecule has 0 aromatic heterocycles. The first kappa shape index (κ1) is 10.5. The monoisotopic (exact) mass is 186 g/mol. The van der Waals surface area contributed by atoms with Crippen LogP contribution in [0.1, 0.15) is 26.7 Å². The minimum atomic E-state index is -0.658. The topological polar surface area (TPSA) is 46.5 Å². The van der Waals surface area contributed by atoms with Crippen LogP contribution >= 0.6 is 0 Å². The first-order valence-electron chi connectivity index (χ1n) is 4.81. The number of rotatable bonds is 2. The molecule has 3 heteroatoms. The Kier molecular flexibility index (Phi) is 3.31. The van der Waals surface area contributed by atoms with Gasteiger partial charge in [-0.15, -0.1) is 0 Å². The van der Waals surface area contributed by atoms with Crippen LogP contribution in [0.15, 0.2) is 0 Å². The number of carboxylic acid groups (broad SMARTS) is 1. The van der Waals surface area contributed by atoms with Gasteiger partial charge in [-0.3, -0.25) is 4.79 Å². The zero-order valence-corrected chi connectivity index (χ0v) is 8.49. The van der Waals surface area contributed by atoms with Crippen LogP contribution in [-0.2, 0) is 9.53 Å². The van der Waals surface area contributed by atoms with Crippen molar-refractivity contribution in [3.63, 3.8) is 0 Å². The highest BCUT2D eigenvalue weighted by atomic mass is 16.5. The Hall–Kier alpha value is -0.570. The Morgan fingerprint density at radius 2 is 1.92 bits per heavy atom. The van der Waals surface area contributed by atoms with E-state index >= 15 is 0 Å². The highest BCUT2D eigenvalue weighted by Crippen LogP contribution is 2.35. The molecule has 1 aliphatic rings. The molecule has 1 saturated carbocycles. The van der Waals surface area contributed by atoms with Gasteiger partial charge in [0, 0.05) is 7.11 Å². The Bertz CT molecular complexity index is 191. The van der Waals surface area contributed by atoms with Crippen molar-refractivity contribution in [3.05, 3.63) is 0 Å². The Morgan fingerprint density at radius 1 is 1.31 bits per heavy atom. The fraction of sp³-hybridized carbons (Fsp3) is 0.900. The van der Waals surface area contributed by atoms with Crippen molar-refractivity contribution in [2.45, 2.75) is 32.8 Å². The van der Waals surface area contributed by atoms with E-state index in [-0.39, 0.29) is 17.9 Å². The summed E-state index contributed by atoms with van der Waals surface area (Å²) in [6.07, 6.45) is 1.86. The second-order valence-electron chi connectivity index (χ2n) is 4.14. The summed E-state index contributed by atoms with van der Waals surface area (Å²) in [6.45, 7) is 4.06. The van der Waals surface area contributed by atoms with Crippen molar-refractivity contribution in [2.24, 2.45) is 17.8 Å². The van der Waals surface area contributed by atoms with E-state index in [1.54, 1.807) is 7.11 Å². The van der Waals surface area contributed by atoms with E-state index in [1.807, 2.05) is 6.92 Å². The Balaban J connectivity index is 2.61. The molecule has 13 heavy (non-hydrogen) atoms. The third-order valence-electron chi connectivity index (χ3n) is 3.17. The van der Waals surface area contributed by atoms with Crippen LogP contribution in [0.2, 0.25) is 0 Å². The molecule has 4 unspecified atom stereocenters. The summed E-state index contributed by atoms with van der Waals surface area (Å²) in [5.41, 5.74) is 0. The van der Waals surface area contributed by atoms with Gasteiger partial charge in [-0.2, -0.15) is 0 Å². The number of carbonyl (C=O) groups is 1. The van der Waals surface area contributed by atoms with E-state index in [0.29, 0.717) is 5.92 Å². The maximum atomic E-state index is 10.9. The molecular formula is C10H18O3. The first-order chi connectivity index (χ1) is 6.06. The van der Waals surface area contributed by atoms with Gasteiger partial charge in [-0.05, 0) is 24.7 Å². The second-order valence-corrected chi connectivity index (χ2v) is 4.14. The lowest BCUT2D eigenvalue weighted by molar-refractivity contribution is -0.147. The molecule has 0 radical (unpaired) electrons. The minimum Gasteiger partial charge on any atom is -0.481 e. The summed E-state index contributed by atoms with van der Waals surface area (Å²) in [7, 11) is 1.70. The molecule has 0 aromatic carbocycles. The van der Waals surface area contributed by atoms with Gasteiger partial charge in [0.15, 0.2) is 0 Å². The predicted octanol–water partition coefficient (Wildman–Crippen LogP) is 1.77. The third-order valence-corrected chi connectivity index (χ3v) is 3.17. The maximum absolute atomic E-state index is 10.9. The van der Waals surface area contributed by atoms with E-state index in [0.717, 1.165) is 12.8 Å². The van der Waals surface area contributed by atoms with Crippen LogP contribution in [0.4, 0.5) is 0 Å². The minimum absolute atomic E-state index is 0.179. The SMILES string of the molecule is COC1CC(C)C(C(=O)O)CC1C. The van der Waals surface area contributed by atoms with Crippen LogP contribution in [0, 0.1) is 17.8 Å². The largest absolute Gasteiger partial charge is 0.481 e. The molecule has 0 amide bonds. The number of ether oxygens (including phenoxy) is 1. The molecule has 0 aliphatic heterocycles. The number of aliphatic carboxylic acids is 1. The van der Waals surface area contributed by atoms with Crippen molar-refractivity contribution in [3.8, 4) is 0 Å².